The van der Waals surface area contributed by atoms with E-state index in [0.29, 0.717) is 6.42 Å². The Morgan fingerprint density at radius 1 is 0.697 bits per heavy atom. The lowest BCUT2D eigenvalue weighted by Crippen LogP contribution is -2.17. The first-order chi connectivity index (χ1) is 16.1. The molecule has 1 atom stereocenters. The molecule has 0 aromatic rings. The van der Waals surface area contributed by atoms with Crippen molar-refractivity contribution in [2.75, 3.05) is 0 Å². The molecule has 0 bridgehead atoms. The Kier molecular flexibility index (Phi) is 23.0. The minimum atomic E-state index is -0.716. The fourth-order valence-electron chi connectivity index (χ4n) is 3.44. The number of allylic oxidation sites excluding steroid dienone is 8. The van der Waals surface area contributed by atoms with Gasteiger partial charge in [0.05, 0.1) is 0 Å². The highest BCUT2D eigenvalue weighted by Gasteiger charge is 2.12. The van der Waals surface area contributed by atoms with Gasteiger partial charge in [-0.2, -0.15) is 0 Å². The number of carboxylic acids is 1. The van der Waals surface area contributed by atoms with Gasteiger partial charge in [0.15, 0.2) is 0 Å². The quantitative estimate of drug-likeness (QED) is 0.0999. The predicted octanol–water partition coefficient (Wildman–Crippen LogP) is 8.49. The summed E-state index contributed by atoms with van der Waals surface area (Å²) in [5, 5.41) is 8.67. The number of carbonyl (C=O) groups is 2. The highest BCUT2D eigenvalue weighted by atomic mass is 16.5. The lowest BCUT2D eigenvalue weighted by atomic mass is 10.0. The number of esters is 1. The normalized spacial score (nSPS) is 13.0. The number of carbonyl (C=O) groups excluding carboxylic acids is 1. The van der Waals surface area contributed by atoms with Crippen molar-refractivity contribution in [3.63, 3.8) is 0 Å². The lowest BCUT2D eigenvalue weighted by molar-refractivity contribution is -0.149. The maximum Gasteiger partial charge on any atom is 0.305 e. The summed E-state index contributed by atoms with van der Waals surface area (Å²) in [7, 11) is 0. The van der Waals surface area contributed by atoms with Gasteiger partial charge in [-0.05, 0) is 70.6 Å². The maximum atomic E-state index is 11.7. The zero-order valence-corrected chi connectivity index (χ0v) is 21.2. The molecule has 0 aromatic heterocycles. The summed E-state index contributed by atoms with van der Waals surface area (Å²) in [6.07, 6.45) is 32.5. The molecule has 0 saturated carbocycles. The average Bonchev–Trinajstić information content (AvgIpc) is 2.80. The topological polar surface area (TPSA) is 63.6 Å². The van der Waals surface area contributed by atoms with E-state index in [1.54, 1.807) is 0 Å². The van der Waals surface area contributed by atoms with Gasteiger partial charge in [0.1, 0.15) is 6.10 Å². The van der Waals surface area contributed by atoms with Crippen molar-refractivity contribution in [1.82, 2.24) is 0 Å². The molecule has 0 aliphatic rings. The summed E-state index contributed by atoms with van der Waals surface area (Å²) in [6, 6.07) is 0. The number of unbranched alkanes of at least 4 members (excludes halogenated alkanes) is 6. The molecule has 0 saturated heterocycles. The second-order valence-electron chi connectivity index (χ2n) is 8.45. The average molecular weight is 461 g/mol. The molecule has 1 N–H and O–H groups in total. The summed E-state index contributed by atoms with van der Waals surface area (Å²) in [6.45, 7) is 3.99. The molecular weight excluding hydrogens is 412 g/mol. The van der Waals surface area contributed by atoms with Gasteiger partial charge in [-0.15, -0.1) is 0 Å². The van der Waals surface area contributed by atoms with Crippen molar-refractivity contribution in [2.24, 2.45) is 0 Å². The Bertz CT molecular complexity index is 586. The molecule has 0 heterocycles. The summed E-state index contributed by atoms with van der Waals surface area (Å²) >= 11 is 0. The van der Waals surface area contributed by atoms with Crippen LogP contribution in [0.3, 0.4) is 0 Å². The van der Waals surface area contributed by atoms with E-state index in [9.17, 15) is 9.59 Å². The molecule has 1 unspecified atom stereocenters. The summed E-state index contributed by atoms with van der Waals surface area (Å²) in [5.74, 6) is -0.827. The Labute approximate surface area is 202 Å². The third-order valence-corrected chi connectivity index (χ3v) is 5.37. The van der Waals surface area contributed by atoms with Gasteiger partial charge < -0.3 is 9.84 Å². The van der Waals surface area contributed by atoms with Crippen LogP contribution in [0.5, 0.6) is 0 Å². The summed E-state index contributed by atoms with van der Waals surface area (Å²) in [4.78, 5) is 22.2. The van der Waals surface area contributed by atoms with Crippen molar-refractivity contribution in [1.29, 1.82) is 0 Å². The predicted molar refractivity (Wildman–Crippen MR) is 139 cm³/mol. The van der Waals surface area contributed by atoms with Gasteiger partial charge in [0.2, 0.25) is 0 Å². The van der Waals surface area contributed by atoms with Crippen LogP contribution in [-0.4, -0.2) is 23.1 Å². The Hall–Kier alpha value is -2.10. The second-order valence-corrected chi connectivity index (χ2v) is 8.45. The van der Waals surface area contributed by atoms with Crippen LogP contribution in [0.2, 0.25) is 0 Å². The summed E-state index contributed by atoms with van der Waals surface area (Å²) < 4.78 is 5.62. The summed E-state index contributed by atoms with van der Waals surface area (Å²) in [5.41, 5.74) is 0. The molecule has 0 aliphatic carbocycles. The first-order valence-electron chi connectivity index (χ1n) is 13.1. The van der Waals surface area contributed by atoms with Crippen LogP contribution >= 0.6 is 0 Å². The lowest BCUT2D eigenvalue weighted by Gasteiger charge is -2.17. The van der Waals surface area contributed by atoms with Gasteiger partial charge in [-0.1, -0.05) is 81.7 Å². The molecule has 0 spiro atoms. The third kappa shape index (κ3) is 24.4. The zero-order chi connectivity index (χ0) is 24.4. The van der Waals surface area contributed by atoms with E-state index >= 15 is 0 Å². The molecule has 188 valence electrons. The van der Waals surface area contributed by atoms with Crippen LogP contribution in [-0.2, 0) is 14.3 Å². The van der Waals surface area contributed by atoms with Crippen molar-refractivity contribution in [2.45, 2.75) is 123 Å². The van der Waals surface area contributed by atoms with Crippen molar-refractivity contribution in [3.8, 4) is 0 Å². The molecular formula is C29H48O4. The minimum Gasteiger partial charge on any atom is -0.481 e. The second kappa shape index (κ2) is 24.5. The SMILES string of the molecule is CC/C=C\C/C=C\C/C=C\C/C=C\CCCCC(CCCCCCCC(=O)O)OC(=O)CC. The minimum absolute atomic E-state index is 0.0221. The van der Waals surface area contributed by atoms with Crippen molar-refractivity contribution < 1.29 is 19.4 Å². The molecule has 0 aromatic carbocycles. The number of ether oxygens (including phenoxy) is 1. The van der Waals surface area contributed by atoms with E-state index in [0.717, 1.165) is 89.9 Å². The molecule has 4 nitrogen and oxygen atoms in total. The smallest absolute Gasteiger partial charge is 0.305 e. The first-order valence-corrected chi connectivity index (χ1v) is 13.1. The number of aliphatic carboxylic acids is 1. The molecule has 0 radical (unpaired) electrons. The van der Waals surface area contributed by atoms with E-state index in [1.807, 2.05) is 6.92 Å². The zero-order valence-electron chi connectivity index (χ0n) is 21.2. The first kappa shape index (κ1) is 30.9. The maximum absolute atomic E-state index is 11.7. The van der Waals surface area contributed by atoms with Gasteiger partial charge in [-0.25, -0.2) is 0 Å². The highest BCUT2D eigenvalue weighted by molar-refractivity contribution is 5.69. The molecule has 0 aliphatic heterocycles. The fraction of sp³-hybridized carbons (Fsp3) is 0.655. The standard InChI is InChI=1S/C29H48O4/c1-3-5-6-7-8-9-10-11-12-13-14-15-16-18-21-24-27(33-29(32)4-2)25-22-19-17-20-23-26-28(30)31/h5-6,8-9,11-12,14-15,27H,3-4,7,10,13,16-26H2,1-2H3,(H,30,31)/b6-5-,9-8-,12-11-,15-14-. The van der Waals surface area contributed by atoms with E-state index in [2.05, 4.69) is 55.5 Å². The number of rotatable bonds is 22. The third-order valence-electron chi connectivity index (χ3n) is 5.37. The number of hydrogen-bond donors (Lipinski definition) is 1. The molecule has 33 heavy (non-hydrogen) atoms. The molecule has 0 rings (SSSR count). The van der Waals surface area contributed by atoms with Gasteiger partial charge in [-0.3, -0.25) is 9.59 Å². The highest BCUT2D eigenvalue weighted by Crippen LogP contribution is 2.16. The number of carboxylic acid groups (broad SMARTS) is 1. The van der Waals surface area contributed by atoms with Crippen LogP contribution < -0.4 is 0 Å². The molecule has 4 heteroatoms. The van der Waals surface area contributed by atoms with Crippen LogP contribution in [0.1, 0.15) is 117 Å². The van der Waals surface area contributed by atoms with Crippen LogP contribution in [0.4, 0.5) is 0 Å². The van der Waals surface area contributed by atoms with Crippen LogP contribution in [0.25, 0.3) is 0 Å². The van der Waals surface area contributed by atoms with E-state index in [1.165, 1.54) is 0 Å². The number of hydrogen-bond acceptors (Lipinski definition) is 3. The fourth-order valence-corrected chi connectivity index (χ4v) is 3.44. The molecule has 0 amide bonds. The van der Waals surface area contributed by atoms with Crippen LogP contribution in [0.15, 0.2) is 48.6 Å². The van der Waals surface area contributed by atoms with E-state index in [-0.39, 0.29) is 18.5 Å². The van der Waals surface area contributed by atoms with E-state index in [4.69, 9.17) is 9.84 Å². The largest absolute Gasteiger partial charge is 0.481 e. The van der Waals surface area contributed by atoms with Crippen molar-refractivity contribution in [3.05, 3.63) is 48.6 Å². The van der Waals surface area contributed by atoms with Gasteiger partial charge in [0.25, 0.3) is 0 Å². The Balaban J connectivity index is 3.88. The van der Waals surface area contributed by atoms with E-state index < -0.39 is 5.97 Å². The molecule has 0 fully saturated rings. The van der Waals surface area contributed by atoms with Crippen molar-refractivity contribution >= 4 is 11.9 Å². The monoisotopic (exact) mass is 460 g/mol. The van der Waals surface area contributed by atoms with Gasteiger partial charge >= 0.3 is 11.9 Å². The Morgan fingerprint density at radius 3 is 1.79 bits per heavy atom. The van der Waals surface area contributed by atoms with Gasteiger partial charge in [0, 0.05) is 12.8 Å². The Morgan fingerprint density at radius 2 is 1.21 bits per heavy atom. The van der Waals surface area contributed by atoms with Crippen LogP contribution in [0, 0.1) is 0 Å².